The highest BCUT2D eigenvalue weighted by Crippen LogP contribution is 2.12. The molecular weight excluding hydrogens is 530 g/mol. The summed E-state index contributed by atoms with van der Waals surface area (Å²) in [6.45, 7) is 4.16. The fraction of sp³-hybridized carbons (Fsp3) is 0.718. The molecule has 43 heavy (non-hydrogen) atoms. The first-order chi connectivity index (χ1) is 21.2. The fourth-order valence-electron chi connectivity index (χ4n) is 4.99. The SMILES string of the molecule is CC/C=C\C/C=C\C/C=C\C/C=C\CCCCCCCCC(=O)NC(CO)C(O)/C=C/CCCCCCCCCCCC. The van der Waals surface area contributed by atoms with Gasteiger partial charge in [0.2, 0.25) is 5.91 Å². The smallest absolute Gasteiger partial charge is 0.220 e. The van der Waals surface area contributed by atoms with Crippen LogP contribution in [-0.4, -0.2) is 34.9 Å². The summed E-state index contributed by atoms with van der Waals surface area (Å²) >= 11 is 0. The van der Waals surface area contributed by atoms with E-state index in [0.29, 0.717) is 6.42 Å². The van der Waals surface area contributed by atoms with Gasteiger partial charge in [0.15, 0.2) is 0 Å². The summed E-state index contributed by atoms with van der Waals surface area (Å²) in [4.78, 5) is 12.3. The van der Waals surface area contributed by atoms with Gasteiger partial charge >= 0.3 is 0 Å². The molecule has 2 unspecified atom stereocenters. The molecular formula is C39H69NO3. The minimum atomic E-state index is -0.845. The number of rotatable bonds is 31. The number of aliphatic hydroxyl groups is 2. The number of hydrogen-bond acceptors (Lipinski definition) is 3. The second kappa shape index (κ2) is 34.6. The van der Waals surface area contributed by atoms with Crippen LogP contribution in [0.25, 0.3) is 0 Å². The van der Waals surface area contributed by atoms with Gasteiger partial charge in [-0.1, -0.05) is 158 Å². The lowest BCUT2D eigenvalue weighted by molar-refractivity contribution is -0.123. The van der Waals surface area contributed by atoms with Crippen LogP contribution in [0.2, 0.25) is 0 Å². The summed E-state index contributed by atoms with van der Waals surface area (Å²) in [5.41, 5.74) is 0. The monoisotopic (exact) mass is 600 g/mol. The van der Waals surface area contributed by atoms with Crippen molar-refractivity contribution in [2.75, 3.05) is 6.61 Å². The van der Waals surface area contributed by atoms with E-state index in [9.17, 15) is 15.0 Å². The zero-order valence-electron chi connectivity index (χ0n) is 28.2. The predicted molar refractivity (Wildman–Crippen MR) is 188 cm³/mol. The van der Waals surface area contributed by atoms with Gasteiger partial charge in [-0.3, -0.25) is 4.79 Å². The Kier molecular flexibility index (Phi) is 33.0. The van der Waals surface area contributed by atoms with Gasteiger partial charge in [-0.15, -0.1) is 0 Å². The maximum atomic E-state index is 12.3. The first-order valence-corrected chi connectivity index (χ1v) is 18.0. The second-order valence-electron chi connectivity index (χ2n) is 11.9. The maximum Gasteiger partial charge on any atom is 0.220 e. The van der Waals surface area contributed by atoms with E-state index in [0.717, 1.165) is 64.2 Å². The summed E-state index contributed by atoms with van der Waals surface area (Å²) in [7, 11) is 0. The lowest BCUT2D eigenvalue weighted by Gasteiger charge is -2.20. The van der Waals surface area contributed by atoms with Crippen molar-refractivity contribution < 1.29 is 15.0 Å². The predicted octanol–water partition coefficient (Wildman–Crippen LogP) is 10.6. The zero-order chi connectivity index (χ0) is 31.5. The third-order valence-corrected chi connectivity index (χ3v) is 7.76. The van der Waals surface area contributed by atoms with Gasteiger partial charge in [0, 0.05) is 6.42 Å². The molecule has 0 radical (unpaired) electrons. The molecule has 248 valence electrons. The zero-order valence-corrected chi connectivity index (χ0v) is 28.2. The molecule has 0 aromatic rings. The van der Waals surface area contributed by atoms with Crippen LogP contribution in [0.5, 0.6) is 0 Å². The average molecular weight is 600 g/mol. The highest BCUT2D eigenvalue weighted by molar-refractivity contribution is 5.76. The number of aliphatic hydroxyl groups excluding tert-OH is 2. The molecule has 2 atom stereocenters. The van der Waals surface area contributed by atoms with E-state index in [1.54, 1.807) is 6.08 Å². The van der Waals surface area contributed by atoms with Gasteiger partial charge < -0.3 is 15.5 Å². The van der Waals surface area contributed by atoms with E-state index in [1.165, 1.54) is 77.0 Å². The molecule has 0 bridgehead atoms. The molecule has 0 spiro atoms. The summed E-state index contributed by atoms with van der Waals surface area (Å²) in [5.74, 6) is -0.0828. The van der Waals surface area contributed by atoms with Gasteiger partial charge in [-0.05, 0) is 57.8 Å². The average Bonchev–Trinajstić information content (AvgIpc) is 3.01. The van der Waals surface area contributed by atoms with E-state index >= 15 is 0 Å². The third-order valence-electron chi connectivity index (χ3n) is 7.76. The van der Waals surface area contributed by atoms with Gasteiger partial charge in [0.1, 0.15) is 0 Å². The molecule has 0 rings (SSSR count). The van der Waals surface area contributed by atoms with Crippen molar-refractivity contribution >= 4 is 5.91 Å². The molecule has 0 aliphatic rings. The Morgan fingerprint density at radius 2 is 1.02 bits per heavy atom. The molecule has 0 saturated carbocycles. The number of amides is 1. The molecule has 1 amide bonds. The molecule has 0 aromatic carbocycles. The quantitative estimate of drug-likeness (QED) is 0.0548. The number of nitrogens with one attached hydrogen (secondary N) is 1. The Morgan fingerprint density at radius 1 is 0.581 bits per heavy atom. The Labute approximate surface area is 266 Å². The Bertz CT molecular complexity index is 737. The largest absolute Gasteiger partial charge is 0.394 e. The van der Waals surface area contributed by atoms with Crippen molar-refractivity contribution in [3.63, 3.8) is 0 Å². The molecule has 3 N–H and O–H groups in total. The summed E-state index contributed by atoms with van der Waals surface area (Å²) < 4.78 is 0. The fourth-order valence-corrected chi connectivity index (χ4v) is 4.99. The number of carbonyl (C=O) groups excluding carboxylic acids is 1. The van der Waals surface area contributed by atoms with Crippen molar-refractivity contribution in [1.29, 1.82) is 0 Å². The van der Waals surface area contributed by atoms with Crippen molar-refractivity contribution in [2.45, 2.75) is 174 Å². The molecule has 0 aliphatic heterocycles. The molecule has 0 aliphatic carbocycles. The van der Waals surface area contributed by atoms with Crippen molar-refractivity contribution in [3.8, 4) is 0 Å². The van der Waals surface area contributed by atoms with Gasteiger partial charge in [0.05, 0.1) is 18.8 Å². The van der Waals surface area contributed by atoms with E-state index in [4.69, 9.17) is 0 Å². The highest BCUT2D eigenvalue weighted by atomic mass is 16.3. The standard InChI is InChI=1S/C39H69NO3/c1-3-5-7-9-11-13-15-17-18-19-20-21-22-23-25-27-29-31-33-35-39(43)40-37(36-41)38(42)34-32-30-28-26-24-16-14-12-10-8-6-4-2/h5,7,11,13,17-18,20-21,32,34,37-38,41-42H,3-4,6,8-10,12,14-16,19,22-31,33,35-36H2,1-2H3,(H,40,43)/b7-5-,13-11-,18-17-,21-20-,34-32+. The number of allylic oxidation sites excluding steroid dienone is 9. The van der Waals surface area contributed by atoms with Crippen LogP contribution in [0, 0.1) is 0 Å². The molecule has 0 aromatic heterocycles. The number of carbonyl (C=O) groups is 1. The normalized spacial score (nSPS) is 13.9. The minimum Gasteiger partial charge on any atom is -0.394 e. The third kappa shape index (κ3) is 31.3. The molecule has 4 heteroatoms. The second-order valence-corrected chi connectivity index (χ2v) is 11.9. The van der Waals surface area contributed by atoms with Crippen molar-refractivity contribution in [3.05, 3.63) is 60.8 Å². The lowest BCUT2D eigenvalue weighted by atomic mass is 10.1. The van der Waals surface area contributed by atoms with Crippen LogP contribution in [0.15, 0.2) is 60.8 Å². The van der Waals surface area contributed by atoms with Crippen LogP contribution in [0.4, 0.5) is 0 Å². The number of unbranched alkanes of at least 4 members (excludes halogenated alkanes) is 16. The summed E-state index contributed by atoms with van der Waals surface area (Å²) in [6, 6.07) is -0.630. The van der Waals surface area contributed by atoms with Crippen molar-refractivity contribution in [1.82, 2.24) is 5.32 Å². The first-order valence-electron chi connectivity index (χ1n) is 18.0. The van der Waals surface area contributed by atoms with Crippen LogP contribution >= 0.6 is 0 Å². The van der Waals surface area contributed by atoms with Crippen molar-refractivity contribution in [2.24, 2.45) is 0 Å². The van der Waals surface area contributed by atoms with E-state index < -0.39 is 12.1 Å². The molecule has 0 fully saturated rings. The van der Waals surface area contributed by atoms with E-state index in [1.807, 2.05) is 6.08 Å². The van der Waals surface area contributed by atoms with Crippen LogP contribution in [0.3, 0.4) is 0 Å². The van der Waals surface area contributed by atoms with Gasteiger partial charge in [-0.25, -0.2) is 0 Å². The topological polar surface area (TPSA) is 69.6 Å². The Balaban J connectivity index is 3.69. The van der Waals surface area contributed by atoms with Crippen LogP contribution < -0.4 is 5.32 Å². The van der Waals surface area contributed by atoms with Crippen LogP contribution in [0.1, 0.15) is 162 Å². The molecule has 0 heterocycles. The van der Waals surface area contributed by atoms with E-state index in [2.05, 4.69) is 67.8 Å². The Morgan fingerprint density at radius 3 is 1.53 bits per heavy atom. The molecule has 0 saturated heterocycles. The molecule has 4 nitrogen and oxygen atoms in total. The minimum absolute atomic E-state index is 0.0828. The van der Waals surface area contributed by atoms with Gasteiger partial charge in [0.25, 0.3) is 0 Å². The van der Waals surface area contributed by atoms with Crippen LogP contribution in [-0.2, 0) is 4.79 Å². The van der Waals surface area contributed by atoms with E-state index in [-0.39, 0.29) is 12.5 Å². The Hall–Kier alpha value is -1.91. The first kappa shape index (κ1) is 41.1. The lowest BCUT2D eigenvalue weighted by Crippen LogP contribution is -2.45. The number of hydrogen-bond donors (Lipinski definition) is 3. The summed E-state index contributed by atoms with van der Waals surface area (Å²) in [6.07, 6.45) is 47.2. The highest BCUT2D eigenvalue weighted by Gasteiger charge is 2.17. The maximum absolute atomic E-state index is 12.3. The van der Waals surface area contributed by atoms with Gasteiger partial charge in [-0.2, -0.15) is 0 Å². The summed E-state index contributed by atoms with van der Waals surface area (Å²) in [5, 5.41) is 22.8.